The molecular formula is C16H14ClN5O2. The molecule has 0 bridgehead atoms. The zero-order valence-corrected chi connectivity index (χ0v) is 13.5. The molecule has 7 nitrogen and oxygen atoms in total. The molecule has 0 aliphatic carbocycles. The van der Waals surface area contributed by atoms with Crippen LogP contribution in [0, 0.1) is 0 Å². The Kier molecular flexibility index (Phi) is 3.66. The Morgan fingerprint density at radius 2 is 2.17 bits per heavy atom. The SMILES string of the molecule is O=c1[nH]cnc2c1CCN(Cc1cc(=O)n3cc(Cl)ccc3n1)C2. The fraction of sp³-hybridized carbons (Fsp3) is 0.250. The van der Waals surface area contributed by atoms with Crippen LogP contribution in [0.4, 0.5) is 0 Å². The maximum Gasteiger partial charge on any atom is 0.258 e. The van der Waals surface area contributed by atoms with Crippen molar-refractivity contribution in [3.8, 4) is 0 Å². The van der Waals surface area contributed by atoms with Crippen LogP contribution in [-0.2, 0) is 19.5 Å². The molecule has 24 heavy (non-hydrogen) atoms. The molecule has 8 heteroatoms. The van der Waals surface area contributed by atoms with Gasteiger partial charge in [-0.1, -0.05) is 11.6 Å². The summed E-state index contributed by atoms with van der Waals surface area (Å²) in [6, 6.07) is 4.95. The summed E-state index contributed by atoms with van der Waals surface area (Å²) in [6.45, 7) is 1.83. The first-order valence-electron chi connectivity index (χ1n) is 7.56. The van der Waals surface area contributed by atoms with Crippen LogP contribution in [0.1, 0.15) is 17.0 Å². The predicted molar refractivity (Wildman–Crippen MR) is 89.1 cm³/mol. The fourth-order valence-corrected chi connectivity index (χ4v) is 3.15. The minimum atomic E-state index is -0.163. The Balaban J connectivity index is 1.62. The number of nitrogens with one attached hydrogen (secondary N) is 1. The molecule has 4 rings (SSSR count). The Morgan fingerprint density at radius 3 is 3.04 bits per heavy atom. The maximum absolute atomic E-state index is 12.2. The van der Waals surface area contributed by atoms with Crippen molar-refractivity contribution in [3.63, 3.8) is 0 Å². The number of aromatic amines is 1. The monoisotopic (exact) mass is 343 g/mol. The van der Waals surface area contributed by atoms with E-state index in [4.69, 9.17) is 11.6 Å². The van der Waals surface area contributed by atoms with Gasteiger partial charge < -0.3 is 4.98 Å². The molecule has 0 fully saturated rings. The molecule has 0 saturated heterocycles. The highest BCUT2D eigenvalue weighted by Gasteiger charge is 2.20. The number of hydrogen-bond donors (Lipinski definition) is 1. The number of halogens is 1. The molecule has 4 heterocycles. The molecule has 1 aliphatic rings. The van der Waals surface area contributed by atoms with E-state index >= 15 is 0 Å². The Labute approximate surface area is 141 Å². The highest BCUT2D eigenvalue weighted by atomic mass is 35.5. The van der Waals surface area contributed by atoms with Crippen LogP contribution in [0.5, 0.6) is 0 Å². The summed E-state index contributed by atoms with van der Waals surface area (Å²) in [5.74, 6) is 0. The molecule has 1 N–H and O–H groups in total. The summed E-state index contributed by atoms with van der Waals surface area (Å²) < 4.78 is 1.43. The van der Waals surface area contributed by atoms with E-state index in [-0.39, 0.29) is 11.1 Å². The zero-order valence-electron chi connectivity index (χ0n) is 12.7. The van der Waals surface area contributed by atoms with Crippen molar-refractivity contribution in [2.24, 2.45) is 0 Å². The lowest BCUT2D eigenvalue weighted by Crippen LogP contribution is -2.35. The van der Waals surface area contributed by atoms with Gasteiger partial charge in [0.15, 0.2) is 0 Å². The van der Waals surface area contributed by atoms with Crippen molar-refractivity contribution in [2.45, 2.75) is 19.5 Å². The molecule has 3 aromatic rings. The van der Waals surface area contributed by atoms with E-state index in [9.17, 15) is 9.59 Å². The third kappa shape index (κ3) is 2.72. The zero-order chi connectivity index (χ0) is 16.7. The van der Waals surface area contributed by atoms with Crippen molar-refractivity contribution in [3.05, 3.63) is 73.4 Å². The topological polar surface area (TPSA) is 83.4 Å². The average Bonchev–Trinajstić information content (AvgIpc) is 2.56. The summed E-state index contributed by atoms with van der Waals surface area (Å²) in [5, 5.41) is 0.489. The first-order valence-corrected chi connectivity index (χ1v) is 7.93. The Morgan fingerprint density at radius 1 is 1.29 bits per heavy atom. The highest BCUT2D eigenvalue weighted by molar-refractivity contribution is 6.30. The summed E-state index contributed by atoms with van der Waals surface area (Å²) in [4.78, 5) is 37.5. The van der Waals surface area contributed by atoms with E-state index in [0.29, 0.717) is 35.9 Å². The molecule has 0 atom stereocenters. The van der Waals surface area contributed by atoms with Crippen LogP contribution in [-0.4, -0.2) is 30.8 Å². The van der Waals surface area contributed by atoms with E-state index in [1.807, 2.05) is 0 Å². The van der Waals surface area contributed by atoms with Crippen molar-refractivity contribution in [1.29, 1.82) is 0 Å². The first kappa shape index (κ1) is 15.0. The summed E-state index contributed by atoms with van der Waals surface area (Å²) in [7, 11) is 0. The number of pyridine rings is 1. The van der Waals surface area contributed by atoms with Gasteiger partial charge in [0.2, 0.25) is 0 Å². The number of nitrogens with zero attached hydrogens (tertiary/aromatic N) is 4. The third-order valence-corrected chi connectivity index (χ3v) is 4.38. The quantitative estimate of drug-likeness (QED) is 0.750. The molecule has 1 aliphatic heterocycles. The molecule has 3 aromatic heterocycles. The van der Waals surface area contributed by atoms with E-state index in [1.165, 1.54) is 16.8 Å². The second kappa shape index (κ2) is 5.85. The molecule has 0 saturated carbocycles. The summed E-state index contributed by atoms with van der Waals surface area (Å²) >= 11 is 5.92. The summed E-state index contributed by atoms with van der Waals surface area (Å²) in [6.07, 6.45) is 3.62. The minimum absolute atomic E-state index is 0.0707. The molecule has 0 spiro atoms. The second-order valence-corrected chi connectivity index (χ2v) is 6.22. The van der Waals surface area contributed by atoms with Gasteiger partial charge in [-0.2, -0.15) is 0 Å². The van der Waals surface area contributed by atoms with E-state index in [0.717, 1.165) is 17.8 Å². The standard InChI is InChI=1S/C16H14ClN5O2/c17-10-1-2-14-20-11(5-15(23)22(14)6-10)7-21-4-3-12-13(8-21)18-9-19-16(12)24/h1-2,5-6,9H,3-4,7-8H2,(H,18,19,24). The van der Waals surface area contributed by atoms with Crippen LogP contribution in [0.25, 0.3) is 5.65 Å². The van der Waals surface area contributed by atoms with Gasteiger partial charge in [-0.25, -0.2) is 9.97 Å². The molecule has 0 amide bonds. The van der Waals surface area contributed by atoms with Gasteiger partial charge in [-0.05, 0) is 18.6 Å². The number of H-pyrrole nitrogens is 1. The highest BCUT2D eigenvalue weighted by Crippen LogP contribution is 2.15. The lowest BCUT2D eigenvalue weighted by atomic mass is 10.1. The number of hydrogen-bond acceptors (Lipinski definition) is 5. The molecule has 122 valence electrons. The van der Waals surface area contributed by atoms with Gasteiger partial charge >= 0.3 is 0 Å². The smallest absolute Gasteiger partial charge is 0.258 e. The lowest BCUT2D eigenvalue weighted by Gasteiger charge is -2.26. The van der Waals surface area contributed by atoms with Gasteiger partial charge in [0.1, 0.15) is 5.65 Å². The van der Waals surface area contributed by atoms with E-state index < -0.39 is 0 Å². The van der Waals surface area contributed by atoms with Crippen molar-refractivity contribution >= 4 is 17.2 Å². The van der Waals surface area contributed by atoms with Gasteiger partial charge in [-0.15, -0.1) is 0 Å². The molecular weight excluding hydrogens is 330 g/mol. The van der Waals surface area contributed by atoms with Gasteiger partial charge in [0.05, 0.1) is 22.7 Å². The van der Waals surface area contributed by atoms with Crippen LogP contribution in [0.15, 0.2) is 40.3 Å². The Bertz CT molecular complexity index is 1040. The predicted octanol–water partition coefficient (Wildman–Crippen LogP) is 0.990. The third-order valence-electron chi connectivity index (χ3n) is 4.15. The molecule has 0 aromatic carbocycles. The van der Waals surface area contributed by atoms with Crippen LogP contribution < -0.4 is 11.1 Å². The van der Waals surface area contributed by atoms with Gasteiger partial charge in [0.25, 0.3) is 11.1 Å². The van der Waals surface area contributed by atoms with Crippen LogP contribution in [0.2, 0.25) is 5.02 Å². The fourth-order valence-electron chi connectivity index (χ4n) is 2.99. The average molecular weight is 344 g/mol. The largest absolute Gasteiger partial charge is 0.313 e. The number of aromatic nitrogens is 4. The van der Waals surface area contributed by atoms with Gasteiger partial charge in [0, 0.05) is 37.5 Å². The maximum atomic E-state index is 12.2. The van der Waals surface area contributed by atoms with Crippen LogP contribution >= 0.6 is 11.6 Å². The molecule has 0 radical (unpaired) electrons. The summed E-state index contributed by atoms with van der Waals surface area (Å²) in [5.41, 5.74) is 2.55. The van der Waals surface area contributed by atoms with Crippen molar-refractivity contribution < 1.29 is 0 Å². The van der Waals surface area contributed by atoms with Crippen LogP contribution in [0.3, 0.4) is 0 Å². The molecule has 0 unspecified atom stereocenters. The van der Waals surface area contributed by atoms with Gasteiger partial charge in [-0.3, -0.25) is 18.9 Å². The number of fused-ring (bicyclic) bond motifs is 2. The second-order valence-electron chi connectivity index (χ2n) is 5.78. The normalized spacial score (nSPS) is 14.7. The lowest BCUT2D eigenvalue weighted by molar-refractivity contribution is 0.237. The van der Waals surface area contributed by atoms with Crippen molar-refractivity contribution in [1.82, 2.24) is 24.3 Å². The van der Waals surface area contributed by atoms with E-state index in [1.54, 1.807) is 18.3 Å². The number of rotatable bonds is 2. The van der Waals surface area contributed by atoms with E-state index in [2.05, 4.69) is 19.9 Å². The first-order chi connectivity index (χ1) is 11.6. The van der Waals surface area contributed by atoms with Crippen molar-refractivity contribution in [2.75, 3.05) is 6.54 Å². The minimum Gasteiger partial charge on any atom is -0.313 e. The Hall–Kier alpha value is -2.51.